The zero-order valence-electron chi connectivity index (χ0n) is 12.2. The molecule has 3 nitrogen and oxygen atoms in total. The van der Waals surface area contributed by atoms with E-state index in [1.54, 1.807) is 7.11 Å². The highest BCUT2D eigenvalue weighted by Crippen LogP contribution is 2.37. The molecule has 1 N–H and O–H groups in total. The highest BCUT2D eigenvalue weighted by Gasteiger charge is 2.22. The van der Waals surface area contributed by atoms with Gasteiger partial charge in [-0.2, -0.15) is 0 Å². The molecule has 1 aliphatic heterocycles. The molecule has 1 saturated heterocycles. The van der Waals surface area contributed by atoms with Crippen LogP contribution in [-0.2, 0) is 0 Å². The van der Waals surface area contributed by atoms with Gasteiger partial charge >= 0.3 is 0 Å². The predicted octanol–water partition coefficient (Wildman–Crippen LogP) is 4.19. The second-order valence-electron chi connectivity index (χ2n) is 5.54. The molecule has 0 spiro atoms. The monoisotopic (exact) mass is 404 g/mol. The molecular weight excluding hydrogens is 384 g/mol. The average Bonchev–Trinajstić information content (AvgIpc) is 2.38. The lowest BCUT2D eigenvalue weighted by molar-refractivity contribution is 0.393. The number of piperidine rings is 1. The van der Waals surface area contributed by atoms with Crippen LogP contribution in [0.15, 0.2) is 21.1 Å². The minimum absolute atomic E-state index is 0.530. The summed E-state index contributed by atoms with van der Waals surface area (Å²) in [6.45, 7) is 6.55. The zero-order valence-corrected chi connectivity index (χ0v) is 15.4. The topological polar surface area (TPSA) is 24.5 Å². The third-order valence-electron chi connectivity index (χ3n) is 3.55. The minimum atomic E-state index is 0.530. The summed E-state index contributed by atoms with van der Waals surface area (Å²) >= 11 is 7.19. The molecule has 0 aliphatic carbocycles. The van der Waals surface area contributed by atoms with Crippen LogP contribution in [0.3, 0.4) is 0 Å². The quantitative estimate of drug-likeness (QED) is 0.812. The van der Waals surface area contributed by atoms with Crippen molar-refractivity contribution < 1.29 is 4.74 Å². The van der Waals surface area contributed by atoms with Crippen LogP contribution in [0.4, 0.5) is 5.69 Å². The molecule has 112 valence electrons. The number of nitrogens with zero attached hydrogens (tertiary/aromatic N) is 1. The minimum Gasteiger partial charge on any atom is -0.495 e. The number of rotatable bonds is 4. The van der Waals surface area contributed by atoms with Crippen LogP contribution in [0.5, 0.6) is 5.75 Å². The van der Waals surface area contributed by atoms with Crippen LogP contribution < -0.4 is 15.0 Å². The normalized spacial score (nSPS) is 19.5. The number of halogens is 2. The number of hydrogen-bond acceptors (Lipinski definition) is 3. The average molecular weight is 406 g/mol. The van der Waals surface area contributed by atoms with Crippen molar-refractivity contribution in [1.82, 2.24) is 5.32 Å². The van der Waals surface area contributed by atoms with E-state index in [1.165, 1.54) is 18.5 Å². The van der Waals surface area contributed by atoms with E-state index in [9.17, 15) is 0 Å². The van der Waals surface area contributed by atoms with E-state index in [0.717, 1.165) is 27.8 Å². The SMILES string of the molecule is COc1cc(N2CCCC(NC(C)C)C2)c(Br)cc1Br. The molecule has 0 radical (unpaired) electrons. The maximum absolute atomic E-state index is 5.41. The molecule has 1 aliphatic rings. The number of hydrogen-bond donors (Lipinski definition) is 1. The summed E-state index contributed by atoms with van der Waals surface area (Å²) in [7, 11) is 1.71. The largest absolute Gasteiger partial charge is 0.495 e. The summed E-state index contributed by atoms with van der Waals surface area (Å²) in [4.78, 5) is 2.43. The standard InChI is InChI=1S/C15H22Br2N2O/c1-10(2)18-11-5-4-6-19(9-11)14-8-15(20-3)13(17)7-12(14)16/h7-8,10-11,18H,4-6,9H2,1-3H3. The summed E-state index contributed by atoms with van der Waals surface area (Å²) < 4.78 is 7.50. The molecule has 1 aromatic rings. The van der Waals surface area contributed by atoms with Gasteiger partial charge in [0.1, 0.15) is 5.75 Å². The highest BCUT2D eigenvalue weighted by molar-refractivity contribution is 9.11. The third kappa shape index (κ3) is 3.89. The Morgan fingerprint density at radius 3 is 2.70 bits per heavy atom. The number of methoxy groups -OCH3 is 1. The van der Waals surface area contributed by atoms with E-state index in [0.29, 0.717) is 12.1 Å². The Bertz CT molecular complexity index is 465. The first-order chi connectivity index (χ1) is 9.51. The molecule has 1 unspecified atom stereocenters. The van der Waals surface area contributed by atoms with Crippen LogP contribution in [-0.4, -0.2) is 32.3 Å². The first-order valence-electron chi connectivity index (χ1n) is 7.05. The van der Waals surface area contributed by atoms with Gasteiger partial charge < -0.3 is 15.0 Å². The molecule has 1 heterocycles. The molecule has 0 amide bonds. The highest BCUT2D eigenvalue weighted by atomic mass is 79.9. The van der Waals surface area contributed by atoms with E-state index < -0.39 is 0 Å². The van der Waals surface area contributed by atoms with Crippen molar-refractivity contribution in [2.24, 2.45) is 0 Å². The fourth-order valence-electron chi connectivity index (χ4n) is 2.72. The van der Waals surface area contributed by atoms with E-state index in [4.69, 9.17) is 4.74 Å². The Labute approximate surface area is 138 Å². The molecule has 0 bridgehead atoms. The summed E-state index contributed by atoms with van der Waals surface area (Å²) in [5.41, 5.74) is 1.21. The molecular formula is C15H22Br2N2O. The van der Waals surface area contributed by atoms with Crippen molar-refractivity contribution >= 4 is 37.5 Å². The van der Waals surface area contributed by atoms with Gasteiger partial charge in [0.2, 0.25) is 0 Å². The lowest BCUT2D eigenvalue weighted by atomic mass is 10.0. The predicted molar refractivity (Wildman–Crippen MR) is 91.9 cm³/mol. The summed E-state index contributed by atoms with van der Waals surface area (Å²) in [6, 6.07) is 5.26. The molecule has 20 heavy (non-hydrogen) atoms. The van der Waals surface area contributed by atoms with E-state index in [2.05, 4.69) is 68.1 Å². The van der Waals surface area contributed by atoms with Crippen molar-refractivity contribution in [1.29, 1.82) is 0 Å². The van der Waals surface area contributed by atoms with Gasteiger partial charge in [-0.3, -0.25) is 0 Å². The molecule has 0 saturated carbocycles. The molecule has 2 rings (SSSR count). The first kappa shape index (κ1) is 16.1. The van der Waals surface area contributed by atoms with Crippen molar-refractivity contribution in [3.05, 3.63) is 21.1 Å². The van der Waals surface area contributed by atoms with Crippen LogP contribution in [0.1, 0.15) is 26.7 Å². The summed E-state index contributed by atoms with van der Waals surface area (Å²) in [5, 5.41) is 3.64. The van der Waals surface area contributed by atoms with E-state index in [-0.39, 0.29) is 0 Å². The van der Waals surface area contributed by atoms with Crippen molar-refractivity contribution in [2.75, 3.05) is 25.1 Å². The Morgan fingerprint density at radius 1 is 1.30 bits per heavy atom. The second-order valence-corrected chi connectivity index (χ2v) is 7.25. The molecule has 0 aromatic heterocycles. The van der Waals surface area contributed by atoms with Gasteiger partial charge in [-0.25, -0.2) is 0 Å². The second kappa shape index (κ2) is 7.14. The van der Waals surface area contributed by atoms with Gasteiger partial charge in [0.25, 0.3) is 0 Å². The number of ether oxygens (including phenoxy) is 1. The van der Waals surface area contributed by atoms with Gasteiger partial charge in [-0.05, 0) is 50.8 Å². The van der Waals surface area contributed by atoms with Crippen molar-refractivity contribution in [3.63, 3.8) is 0 Å². The van der Waals surface area contributed by atoms with Gasteiger partial charge in [-0.1, -0.05) is 13.8 Å². The molecule has 1 atom stereocenters. The smallest absolute Gasteiger partial charge is 0.135 e. The maximum atomic E-state index is 5.41. The zero-order chi connectivity index (χ0) is 14.7. The summed E-state index contributed by atoms with van der Waals surface area (Å²) in [6.07, 6.45) is 2.47. The van der Waals surface area contributed by atoms with E-state index in [1.807, 2.05) is 0 Å². The van der Waals surface area contributed by atoms with Gasteiger partial charge in [0.05, 0.1) is 17.3 Å². The fraction of sp³-hybridized carbons (Fsp3) is 0.600. The molecule has 5 heteroatoms. The fourth-order valence-corrected chi connectivity index (χ4v) is 4.13. The first-order valence-corrected chi connectivity index (χ1v) is 8.64. The lowest BCUT2D eigenvalue weighted by Gasteiger charge is -2.36. The number of anilines is 1. The van der Waals surface area contributed by atoms with E-state index >= 15 is 0 Å². The van der Waals surface area contributed by atoms with Crippen LogP contribution in [0.25, 0.3) is 0 Å². The van der Waals surface area contributed by atoms with Gasteiger partial charge in [-0.15, -0.1) is 0 Å². The number of benzene rings is 1. The van der Waals surface area contributed by atoms with Gasteiger partial charge in [0.15, 0.2) is 0 Å². The van der Waals surface area contributed by atoms with Crippen molar-refractivity contribution in [3.8, 4) is 5.75 Å². The van der Waals surface area contributed by atoms with Crippen LogP contribution in [0, 0.1) is 0 Å². The third-order valence-corrected chi connectivity index (χ3v) is 4.81. The Kier molecular flexibility index (Phi) is 5.75. The van der Waals surface area contributed by atoms with Crippen LogP contribution in [0.2, 0.25) is 0 Å². The van der Waals surface area contributed by atoms with Crippen molar-refractivity contribution in [2.45, 2.75) is 38.8 Å². The Balaban J connectivity index is 2.18. The van der Waals surface area contributed by atoms with Gasteiger partial charge in [0, 0.05) is 35.7 Å². The number of nitrogens with one attached hydrogen (secondary N) is 1. The Hall–Kier alpha value is -0.260. The summed E-state index contributed by atoms with van der Waals surface area (Å²) in [5.74, 6) is 0.877. The molecule has 1 fully saturated rings. The lowest BCUT2D eigenvalue weighted by Crippen LogP contribution is -2.48. The van der Waals surface area contributed by atoms with Crippen LogP contribution >= 0.6 is 31.9 Å². The maximum Gasteiger partial charge on any atom is 0.135 e. The molecule has 1 aromatic carbocycles. The Morgan fingerprint density at radius 2 is 2.05 bits per heavy atom.